The van der Waals surface area contributed by atoms with Gasteiger partial charge in [0.05, 0.1) is 40.3 Å². The van der Waals surface area contributed by atoms with Gasteiger partial charge in [-0.15, -0.1) is 0 Å². The summed E-state index contributed by atoms with van der Waals surface area (Å²) in [6.07, 6.45) is 0. The number of fused-ring (bicyclic) bond motifs is 1. The average Bonchev–Trinajstić information content (AvgIpc) is 3.47. The van der Waals surface area contributed by atoms with Gasteiger partial charge in [0.25, 0.3) is 5.78 Å². The number of nitrogens with zero attached hydrogens (tertiary/aromatic N) is 3. The number of ether oxygens (including phenoxy) is 1. The van der Waals surface area contributed by atoms with Gasteiger partial charge in [-0.3, -0.25) is 14.5 Å². The van der Waals surface area contributed by atoms with Crippen molar-refractivity contribution in [1.82, 2.24) is 9.97 Å². The molecule has 5 rings (SSSR count). The van der Waals surface area contributed by atoms with Crippen LogP contribution in [-0.2, 0) is 9.59 Å². The number of aliphatic hydroxyl groups excluding tert-OH is 1. The smallest absolute Gasteiger partial charge is 0.302 e. The molecule has 0 bridgehead atoms. The summed E-state index contributed by atoms with van der Waals surface area (Å²) >= 11 is 12.6. The largest absolute Gasteiger partial charge is 0.507 e. The Balaban J connectivity index is 1.74. The van der Waals surface area contributed by atoms with Crippen LogP contribution in [0.5, 0.6) is 5.75 Å². The summed E-state index contributed by atoms with van der Waals surface area (Å²) in [6, 6.07) is 16.8. The van der Waals surface area contributed by atoms with Crippen LogP contribution in [0.25, 0.3) is 16.8 Å². The van der Waals surface area contributed by atoms with E-state index in [0.29, 0.717) is 16.6 Å². The van der Waals surface area contributed by atoms with Crippen LogP contribution in [0.15, 0.2) is 66.2 Å². The maximum atomic E-state index is 13.6. The number of halogens is 2. The molecule has 1 aliphatic rings. The molecule has 1 aliphatic heterocycles. The number of Topliss-reactive ketones (excluding diaryl/α,β-unsaturated/α-hetero) is 1. The van der Waals surface area contributed by atoms with Crippen molar-refractivity contribution in [2.24, 2.45) is 0 Å². The predicted octanol–water partition coefficient (Wildman–Crippen LogP) is 6.35. The molecule has 1 aromatic heterocycles. The molecule has 0 aliphatic carbocycles. The standard InChI is InChI=1S/C29H26Cl2N4O4/c1-4-34(5-2)18-12-10-16(11-13-18)24-23(25(36)19-14-17(30)15-20(31)27(19)39-3)26(37)28(38)35(24)29-32-21-8-6-7-9-22(21)33-29/h6-15,24,36H,4-5H2,1-3H3,(H,32,33)/b25-23+. The summed E-state index contributed by atoms with van der Waals surface area (Å²) in [4.78, 5) is 38.3. The highest BCUT2D eigenvalue weighted by Gasteiger charge is 2.48. The number of benzene rings is 3. The van der Waals surface area contributed by atoms with Crippen molar-refractivity contribution >= 4 is 63.3 Å². The minimum atomic E-state index is -0.987. The van der Waals surface area contributed by atoms with Crippen molar-refractivity contribution < 1.29 is 19.4 Å². The summed E-state index contributed by atoms with van der Waals surface area (Å²) in [6.45, 7) is 5.78. The van der Waals surface area contributed by atoms with Crippen LogP contribution in [0.3, 0.4) is 0 Å². The highest BCUT2D eigenvalue weighted by Crippen LogP contribution is 2.44. The summed E-state index contributed by atoms with van der Waals surface area (Å²) in [5.41, 5.74) is 2.91. The summed E-state index contributed by atoms with van der Waals surface area (Å²) in [7, 11) is 1.39. The number of aliphatic hydroxyl groups is 1. The van der Waals surface area contributed by atoms with E-state index >= 15 is 0 Å². The Kier molecular flexibility index (Phi) is 7.25. The molecule has 2 heterocycles. The van der Waals surface area contributed by atoms with Gasteiger partial charge in [0.15, 0.2) is 0 Å². The number of ketones is 1. The van der Waals surface area contributed by atoms with Crippen molar-refractivity contribution in [2.45, 2.75) is 19.9 Å². The van der Waals surface area contributed by atoms with E-state index in [9.17, 15) is 14.7 Å². The monoisotopic (exact) mass is 564 g/mol. The van der Waals surface area contributed by atoms with Gasteiger partial charge in [-0.25, -0.2) is 4.98 Å². The van der Waals surface area contributed by atoms with E-state index in [2.05, 4.69) is 28.7 Å². The van der Waals surface area contributed by atoms with E-state index in [4.69, 9.17) is 27.9 Å². The van der Waals surface area contributed by atoms with Crippen molar-refractivity contribution in [3.63, 3.8) is 0 Å². The van der Waals surface area contributed by atoms with Crippen LogP contribution in [0.2, 0.25) is 10.0 Å². The number of imidazole rings is 1. The Labute approximate surface area is 235 Å². The normalized spacial score (nSPS) is 16.7. The van der Waals surface area contributed by atoms with Gasteiger partial charge < -0.3 is 19.7 Å². The number of aromatic nitrogens is 2. The molecule has 39 heavy (non-hydrogen) atoms. The van der Waals surface area contributed by atoms with Gasteiger partial charge in [0.2, 0.25) is 5.95 Å². The lowest BCUT2D eigenvalue weighted by atomic mass is 9.94. The number of methoxy groups -OCH3 is 1. The van der Waals surface area contributed by atoms with Crippen molar-refractivity contribution in [3.05, 3.63) is 87.4 Å². The molecule has 200 valence electrons. The summed E-state index contributed by atoms with van der Waals surface area (Å²) in [5, 5.41) is 11.9. The molecule has 0 radical (unpaired) electrons. The Hall–Kier alpha value is -4.01. The zero-order valence-electron chi connectivity index (χ0n) is 21.5. The molecular weight excluding hydrogens is 539 g/mol. The molecule has 8 nitrogen and oxygen atoms in total. The quantitative estimate of drug-likeness (QED) is 0.154. The van der Waals surface area contributed by atoms with Gasteiger partial charge in [0, 0.05) is 23.8 Å². The van der Waals surface area contributed by atoms with Crippen LogP contribution < -0.4 is 14.5 Å². The fraction of sp³-hybridized carbons (Fsp3) is 0.207. The van der Waals surface area contributed by atoms with E-state index in [-0.39, 0.29) is 32.9 Å². The third kappa shape index (κ3) is 4.60. The Morgan fingerprint density at radius 2 is 1.77 bits per heavy atom. The number of anilines is 2. The molecule has 3 aromatic carbocycles. The number of carbonyl (C=O) groups is 2. The first-order valence-corrected chi connectivity index (χ1v) is 13.2. The first-order chi connectivity index (χ1) is 18.8. The first-order valence-electron chi connectivity index (χ1n) is 12.4. The van der Waals surface area contributed by atoms with Gasteiger partial charge in [0.1, 0.15) is 11.5 Å². The van der Waals surface area contributed by atoms with Gasteiger partial charge in [-0.1, -0.05) is 47.5 Å². The zero-order chi connectivity index (χ0) is 27.8. The molecule has 1 amide bonds. The number of amides is 1. The number of aromatic amines is 1. The van der Waals surface area contributed by atoms with Crippen LogP contribution in [0.4, 0.5) is 11.6 Å². The van der Waals surface area contributed by atoms with Crippen LogP contribution >= 0.6 is 23.2 Å². The van der Waals surface area contributed by atoms with E-state index in [1.807, 2.05) is 42.5 Å². The number of carbonyl (C=O) groups excluding carboxylic acids is 2. The van der Waals surface area contributed by atoms with Crippen molar-refractivity contribution in [1.29, 1.82) is 0 Å². The number of rotatable bonds is 7. The lowest BCUT2D eigenvalue weighted by Gasteiger charge is -2.25. The fourth-order valence-electron chi connectivity index (χ4n) is 4.96. The van der Waals surface area contributed by atoms with E-state index in [1.54, 1.807) is 6.07 Å². The molecule has 0 saturated carbocycles. The third-order valence-corrected chi connectivity index (χ3v) is 7.35. The topological polar surface area (TPSA) is 98.8 Å². The second-order valence-corrected chi connectivity index (χ2v) is 9.82. The Morgan fingerprint density at radius 3 is 2.41 bits per heavy atom. The van der Waals surface area contributed by atoms with Crippen molar-refractivity contribution in [3.8, 4) is 5.75 Å². The van der Waals surface area contributed by atoms with Crippen LogP contribution in [-0.4, -0.2) is 47.0 Å². The zero-order valence-corrected chi connectivity index (χ0v) is 23.0. The van der Waals surface area contributed by atoms with Crippen LogP contribution in [0, 0.1) is 0 Å². The average molecular weight is 565 g/mol. The molecule has 1 saturated heterocycles. The summed E-state index contributed by atoms with van der Waals surface area (Å²) in [5.74, 6) is -1.84. The second kappa shape index (κ2) is 10.6. The lowest BCUT2D eigenvalue weighted by Crippen LogP contribution is -2.30. The maximum Gasteiger partial charge on any atom is 0.302 e. The maximum absolute atomic E-state index is 13.6. The molecule has 10 heteroatoms. The Bertz CT molecular complexity index is 1580. The number of hydrogen-bond donors (Lipinski definition) is 2. The number of nitrogens with one attached hydrogen (secondary N) is 1. The van der Waals surface area contributed by atoms with Crippen LogP contribution in [0.1, 0.15) is 31.0 Å². The SMILES string of the molecule is CCN(CC)c1ccc(C2/C(=C(\O)c3cc(Cl)cc(Cl)c3OC)C(=O)C(=O)N2c2nc3ccccc3[nH]2)cc1. The second-order valence-electron chi connectivity index (χ2n) is 8.98. The molecule has 1 atom stereocenters. The minimum Gasteiger partial charge on any atom is -0.507 e. The molecule has 1 fully saturated rings. The number of H-pyrrole nitrogens is 1. The van der Waals surface area contributed by atoms with E-state index in [0.717, 1.165) is 18.8 Å². The van der Waals surface area contributed by atoms with E-state index in [1.165, 1.54) is 24.1 Å². The van der Waals surface area contributed by atoms with Gasteiger partial charge in [-0.2, -0.15) is 0 Å². The molecule has 4 aromatic rings. The highest BCUT2D eigenvalue weighted by atomic mass is 35.5. The van der Waals surface area contributed by atoms with Gasteiger partial charge in [-0.05, 0) is 55.8 Å². The van der Waals surface area contributed by atoms with E-state index < -0.39 is 23.5 Å². The first kappa shape index (κ1) is 26.6. The molecule has 0 spiro atoms. The molecule has 1 unspecified atom stereocenters. The number of para-hydroxylation sites is 2. The van der Waals surface area contributed by atoms with Gasteiger partial charge >= 0.3 is 5.91 Å². The summed E-state index contributed by atoms with van der Waals surface area (Å²) < 4.78 is 5.41. The fourth-order valence-corrected chi connectivity index (χ4v) is 5.54. The predicted molar refractivity (Wildman–Crippen MR) is 154 cm³/mol. The Morgan fingerprint density at radius 1 is 1.08 bits per heavy atom. The lowest BCUT2D eigenvalue weighted by molar-refractivity contribution is -0.132. The molecule has 2 N–H and O–H groups in total. The molecular formula is C29H26Cl2N4O4. The third-order valence-electron chi connectivity index (χ3n) is 6.85. The highest BCUT2D eigenvalue weighted by molar-refractivity contribution is 6.51. The van der Waals surface area contributed by atoms with Crippen molar-refractivity contribution in [2.75, 3.05) is 30.0 Å². The minimum absolute atomic E-state index is 0.0994. The number of hydrogen-bond acceptors (Lipinski definition) is 6.